The summed E-state index contributed by atoms with van der Waals surface area (Å²) < 4.78 is 22.4. The molecule has 0 amide bonds. The predicted octanol–water partition coefficient (Wildman–Crippen LogP) is 1.59. The van der Waals surface area contributed by atoms with Crippen molar-refractivity contribution < 1.29 is 8.42 Å². The van der Waals surface area contributed by atoms with Crippen molar-refractivity contribution in [1.29, 1.82) is 0 Å². The predicted molar refractivity (Wildman–Crippen MR) is 63.8 cm³/mol. The van der Waals surface area contributed by atoms with Crippen LogP contribution in [0.25, 0.3) is 0 Å². The van der Waals surface area contributed by atoms with Gasteiger partial charge in [0.1, 0.15) is 9.84 Å². The van der Waals surface area contributed by atoms with Crippen molar-refractivity contribution in [3.63, 3.8) is 0 Å². The van der Waals surface area contributed by atoms with E-state index < -0.39 is 9.84 Å². The minimum Gasteiger partial charge on any atom is -0.316 e. The molecule has 0 aromatic rings. The van der Waals surface area contributed by atoms with E-state index >= 15 is 0 Å². The second kappa shape index (κ2) is 5.85. The molecule has 1 saturated carbocycles. The molecule has 0 aromatic heterocycles. The molecule has 0 heterocycles. The van der Waals surface area contributed by atoms with E-state index in [4.69, 9.17) is 0 Å². The third-order valence-electron chi connectivity index (χ3n) is 3.25. The van der Waals surface area contributed by atoms with Crippen molar-refractivity contribution in [1.82, 2.24) is 5.32 Å². The van der Waals surface area contributed by atoms with Gasteiger partial charge in [0, 0.05) is 12.3 Å². The van der Waals surface area contributed by atoms with Crippen LogP contribution < -0.4 is 5.32 Å². The van der Waals surface area contributed by atoms with E-state index in [2.05, 4.69) is 5.32 Å². The summed E-state index contributed by atoms with van der Waals surface area (Å²) >= 11 is 0. The average Bonchev–Trinajstić information content (AvgIpc) is 2.16. The fraction of sp³-hybridized carbons (Fsp3) is 1.00. The lowest BCUT2D eigenvalue weighted by Gasteiger charge is -2.25. The lowest BCUT2D eigenvalue weighted by molar-refractivity contribution is 0.311. The zero-order valence-electron chi connectivity index (χ0n) is 9.83. The van der Waals surface area contributed by atoms with E-state index in [9.17, 15) is 8.42 Å². The summed E-state index contributed by atoms with van der Waals surface area (Å²) in [5, 5.41) is 3.13. The molecule has 1 fully saturated rings. The van der Waals surface area contributed by atoms with Crippen molar-refractivity contribution in [2.75, 3.05) is 19.1 Å². The van der Waals surface area contributed by atoms with Crippen LogP contribution in [0.2, 0.25) is 0 Å². The topological polar surface area (TPSA) is 46.2 Å². The van der Waals surface area contributed by atoms with Gasteiger partial charge in [-0.15, -0.1) is 0 Å². The van der Waals surface area contributed by atoms with Crippen LogP contribution in [0.1, 0.15) is 38.5 Å². The van der Waals surface area contributed by atoms with Gasteiger partial charge in [-0.25, -0.2) is 8.42 Å². The minimum absolute atomic E-state index is 0.142. The standard InChI is InChI=1S/C11H23NO2S/c1-12-11(9-15(2,13)14)8-10-6-4-3-5-7-10/h10-12H,3-9H2,1-2H3. The van der Waals surface area contributed by atoms with Crippen LogP contribution in [0, 0.1) is 5.92 Å². The Morgan fingerprint density at radius 1 is 1.27 bits per heavy atom. The third-order valence-corrected chi connectivity index (χ3v) is 4.26. The largest absolute Gasteiger partial charge is 0.316 e. The second-order valence-electron chi connectivity index (χ2n) is 4.82. The smallest absolute Gasteiger partial charge is 0.148 e. The van der Waals surface area contributed by atoms with Crippen LogP contribution >= 0.6 is 0 Å². The quantitative estimate of drug-likeness (QED) is 0.784. The van der Waals surface area contributed by atoms with Gasteiger partial charge in [-0.05, 0) is 19.4 Å². The maximum atomic E-state index is 11.2. The van der Waals surface area contributed by atoms with Gasteiger partial charge in [-0.3, -0.25) is 0 Å². The highest BCUT2D eigenvalue weighted by Crippen LogP contribution is 2.27. The van der Waals surface area contributed by atoms with Crippen LogP contribution in [0.3, 0.4) is 0 Å². The lowest BCUT2D eigenvalue weighted by Crippen LogP contribution is -2.35. The van der Waals surface area contributed by atoms with E-state index in [1.807, 2.05) is 7.05 Å². The fourth-order valence-electron chi connectivity index (χ4n) is 2.46. The van der Waals surface area contributed by atoms with Gasteiger partial charge >= 0.3 is 0 Å². The minimum atomic E-state index is -2.85. The highest BCUT2D eigenvalue weighted by Gasteiger charge is 2.20. The Kier molecular flexibility index (Phi) is 5.06. The molecular formula is C11H23NO2S. The van der Waals surface area contributed by atoms with Gasteiger partial charge in [0.25, 0.3) is 0 Å². The summed E-state index contributed by atoms with van der Waals surface area (Å²) in [5.41, 5.74) is 0. The Morgan fingerprint density at radius 2 is 1.87 bits per heavy atom. The summed E-state index contributed by atoms with van der Waals surface area (Å²) in [5.74, 6) is 1.01. The highest BCUT2D eigenvalue weighted by atomic mass is 32.2. The molecule has 1 unspecified atom stereocenters. The first-order valence-electron chi connectivity index (χ1n) is 5.86. The SMILES string of the molecule is CNC(CC1CCCCC1)CS(C)(=O)=O. The number of hydrogen-bond acceptors (Lipinski definition) is 3. The van der Waals surface area contributed by atoms with Crippen LogP contribution in [0.4, 0.5) is 0 Å². The Bertz CT molecular complexity index is 268. The maximum Gasteiger partial charge on any atom is 0.148 e. The molecule has 1 atom stereocenters. The molecule has 0 aromatic carbocycles. The lowest BCUT2D eigenvalue weighted by atomic mass is 9.85. The first-order chi connectivity index (χ1) is 7.01. The first-order valence-corrected chi connectivity index (χ1v) is 7.92. The fourth-order valence-corrected chi connectivity index (χ4v) is 3.49. The molecule has 1 aliphatic rings. The summed E-state index contributed by atoms with van der Waals surface area (Å²) in [6.07, 6.45) is 8.89. The van der Waals surface area contributed by atoms with E-state index in [0.29, 0.717) is 0 Å². The van der Waals surface area contributed by atoms with Crippen LogP contribution in [0.5, 0.6) is 0 Å². The molecule has 0 aliphatic heterocycles. The number of rotatable bonds is 5. The molecular weight excluding hydrogens is 210 g/mol. The molecule has 1 N–H and O–H groups in total. The van der Waals surface area contributed by atoms with Gasteiger partial charge in [-0.1, -0.05) is 32.1 Å². The summed E-state index contributed by atoms with van der Waals surface area (Å²) in [7, 11) is -0.989. The molecule has 0 saturated heterocycles. The number of sulfone groups is 1. The zero-order valence-corrected chi connectivity index (χ0v) is 10.6. The van der Waals surface area contributed by atoms with Gasteiger partial charge in [0.2, 0.25) is 0 Å². The molecule has 0 bridgehead atoms. The van der Waals surface area contributed by atoms with E-state index in [-0.39, 0.29) is 11.8 Å². The van der Waals surface area contributed by atoms with Crippen LogP contribution in [-0.4, -0.2) is 33.5 Å². The van der Waals surface area contributed by atoms with Gasteiger partial charge in [0.05, 0.1) is 5.75 Å². The monoisotopic (exact) mass is 233 g/mol. The van der Waals surface area contributed by atoms with Crippen molar-refractivity contribution >= 4 is 9.84 Å². The van der Waals surface area contributed by atoms with E-state index in [0.717, 1.165) is 12.3 Å². The van der Waals surface area contributed by atoms with Crippen molar-refractivity contribution in [2.24, 2.45) is 5.92 Å². The van der Waals surface area contributed by atoms with Crippen molar-refractivity contribution in [3.05, 3.63) is 0 Å². The molecule has 0 spiro atoms. The molecule has 90 valence electrons. The Labute approximate surface area is 93.6 Å². The second-order valence-corrected chi connectivity index (χ2v) is 7.00. The van der Waals surface area contributed by atoms with Gasteiger partial charge in [0.15, 0.2) is 0 Å². The first kappa shape index (κ1) is 13.0. The molecule has 3 nitrogen and oxygen atoms in total. The molecule has 15 heavy (non-hydrogen) atoms. The van der Waals surface area contributed by atoms with Crippen molar-refractivity contribution in [3.8, 4) is 0 Å². The number of nitrogens with one attached hydrogen (secondary N) is 1. The van der Waals surface area contributed by atoms with E-state index in [1.54, 1.807) is 0 Å². The van der Waals surface area contributed by atoms with Crippen LogP contribution in [-0.2, 0) is 9.84 Å². The summed E-state index contributed by atoms with van der Waals surface area (Å²) in [6, 6.07) is 0.142. The summed E-state index contributed by atoms with van der Waals surface area (Å²) in [6.45, 7) is 0. The van der Waals surface area contributed by atoms with Gasteiger partial charge < -0.3 is 5.32 Å². The maximum absolute atomic E-state index is 11.2. The Balaban J connectivity index is 2.38. The zero-order chi connectivity index (χ0) is 11.3. The molecule has 1 aliphatic carbocycles. The van der Waals surface area contributed by atoms with Crippen molar-refractivity contribution in [2.45, 2.75) is 44.6 Å². The Hall–Kier alpha value is -0.0900. The third kappa shape index (κ3) is 5.52. The highest BCUT2D eigenvalue weighted by molar-refractivity contribution is 7.90. The van der Waals surface area contributed by atoms with Gasteiger partial charge in [-0.2, -0.15) is 0 Å². The average molecular weight is 233 g/mol. The summed E-state index contributed by atoms with van der Waals surface area (Å²) in [4.78, 5) is 0. The molecule has 1 rings (SSSR count). The van der Waals surface area contributed by atoms with E-state index in [1.165, 1.54) is 38.4 Å². The molecule has 4 heteroatoms. The normalized spacial score (nSPS) is 21.5. The number of hydrogen-bond donors (Lipinski definition) is 1. The van der Waals surface area contributed by atoms with Crippen LogP contribution in [0.15, 0.2) is 0 Å². The Morgan fingerprint density at radius 3 is 2.33 bits per heavy atom. The molecule has 0 radical (unpaired) electrons.